The number of aromatic nitrogens is 4. The van der Waals surface area contributed by atoms with Gasteiger partial charge in [0.1, 0.15) is 17.8 Å². The highest BCUT2D eigenvalue weighted by atomic mass is 32.2. The van der Waals surface area contributed by atoms with E-state index in [2.05, 4.69) is 24.6 Å². The molecule has 38 heavy (non-hydrogen) atoms. The summed E-state index contributed by atoms with van der Waals surface area (Å²) < 4.78 is 96.0. The predicted octanol–water partition coefficient (Wildman–Crippen LogP) is 1.75. The summed E-state index contributed by atoms with van der Waals surface area (Å²) in [4.78, 5) is 20.8. The van der Waals surface area contributed by atoms with E-state index in [0.29, 0.717) is 4.68 Å². The first-order valence-electron chi connectivity index (χ1n) is 10.8. The summed E-state index contributed by atoms with van der Waals surface area (Å²) in [6.07, 6.45) is 0.0462. The van der Waals surface area contributed by atoms with E-state index in [4.69, 9.17) is 5.14 Å². The van der Waals surface area contributed by atoms with Crippen molar-refractivity contribution in [1.82, 2.24) is 19.7 Å². The highest BCUT2D eigenvalue weighted by molar-refractivity contribution is 7.84. The zero-order valence-corrected chi connectivity index (χ0v) is 19.9. The number of carbonyl (C=O) groups excluding carboxylic acids is 1. The lowest BCUT2D eigenvalue weighted by molar-refractivity contribution is 0.101. The summed E-state index contributed by atoms with van der Waals surface area (Å²) in [5.74, 6) is -9.41. The van der Waals surface area contributed by atoms with Crippen LogP contribution in [0.5, 0.6) is 0 Å². The van der Waals surface area contributed by atoms with E-state index >= 15 is 0 Å². The quantitative estimate of drug-likeness (QED) is 0.153. The number of aliphatic hydroxyl groups is 1. The molecular formula is C21H19F5N6O5S. The fraction of sp³-hybridized carbons (Fsp3) is 0.333. The van der Waals surface area contributed by atoms with Crippen molar-refractivity contribution in [3.63, 3.8) is 0 Å². The average Bonchev–Trinajstić information content (AvgIpc) is 3.49. The van der Waals surface area contributed by atoms with Gasteiger partial charge in [-0.3, -0.25) is 8.98 Å². The van der Waals surface area contributed by atoms with Gasteiger partial charge in [-0.15, -0.1) is 0 Å². The van der Waals surface area contributed by atoms with Crippen LogP contribution >= 0.6 is 0 Å². The minimum absolute atomic E-state index is 0.0234. The number of nitrogens with two attached hydrogens (primary N) is 1. The normalized spacial score (nSPS) is 20.4. The zero-order valence-electron chi connectivity index (χ0n) is 19.1. The SMILES string of the molecule is NS(=O)(=O)OC[C@H]1C[C@@H](Nc2ncncc2C(=O)c2ccn(C(F)c3cc(F)c(F)c(F)c3F)n2)C[C@@H]1O. The lowest BCUT2D eigenvalue weighted by Crippen LogP contribution is -2.24. The first-order valence-corrected chi connectivity index (χ1v) is 12.3. The Labute approximate surface area is 211 Å². The van der Waals surface area contributed by atoms with Gasteiger partial charge in [0, 0.05) is 24.4 Å². The topological polar surface area (TPSA) is 162 Å². The van der Waals surface area contributed by atoms with Gasteiger partial charge in [-0.25, -0.2) is 41.7 Å². The van der Waals surface area contributed by atoms with Crippen LogP contribution in [-0.4, -0.2) is 57.8 Å². The number of anilines is 1. The largest absolute Gasteiger partial charge is 0.393 e. The summed E-state index contributed by atoms with van der Waals surface area (Å²) in [5, 5.41) is 21.7. The van der Waals surface area contributed by atoms with Crippen molar-refractivity contribution in [2.45, 2.75) is 31.3 Å². The van der Waals surface area contributed by atoms with Crippen molar-refractivity contribution in [2.24, 2.45) is 11.1 Å². The Morgan fingerprint density at radius 2 is 1.97 bits per heavy atom. The number of rotatable bonds is 9. The first kappa shape index (κ1) is 27.5. The van der Waals surface area contributed by atoms with Gasteiger partial charge in [0.25, 0.3) is 0 Å². The third kappa shape index (κ3) is 5.79. The molecule has 3 aromatic rings. The Hall–Kier alpha value is -3.54. The summed E-state index contributed by atoms with van der Waals surface area (Å²) in [6.45, 7) is -0.349. The molecule has 1 aliphatic rings. The standard InChI is InChI=1S/C21H19F5N6O5S/c22-13-5-11(16(23)18(25)17(13)24)20(26)32-2-1-14(31-32)19(34)12-6-28-8-29-21(12)30-10-3-9(15(33)4-10)7-37-38(27,35)36/h1-2,5-6,8-10,15,20,33H,3-4,7H2,(H2,27,35,36)(H,28,29,30)/t9-,10-,15+,20?/m1/s1. The van der Waals surface area contributed by atoms with Crippen LogP contribution in [-0.2, 0) is 14.5 Å². The maximum atomic E-state index is 14.8. The molecule has 4 N–H and O–H groups in total. The van der Waals surface area contributed by atoms with Gasteiger partial charge < -0.3 is 10.4 Å². The number of alkyl halides is 1. The molecule has 0 spiro atoms. The predicted molar refractivity (Wildman–Crippen MR) is 118 cm³/mol. The number of carbonyl (C=O) groups is 1. The second-order valence-corrected chi connectivity index (χ2v) is 9.66. The molecule has 0 amide bonds. The molecule has 0 aliphatic heterocycles. The summed E-state index contributed by atoms with van der Waals surface area (Å²) >= 11 is 0. The van der Waals surface area contributed by atoms with Crippen LogP contribution in [0, 0.1) is 29.2 Å². The van der Waals surface area contributed by atoms with E-state index in [1.807, 2.05) is 0 Å². The fourth-order valence-electron chi connectivity index (χ4n) is 4.02. The van der Waals surface area contributed by atoms with E-state index < -0.39 is 69.3 Å². The van der Waals surface area contributed by atoms with Crippen LogP contribution < -0.4 is 10.5 Å². The highest BCUT2D eigenvalue weighted by Crippen LogP contribution is 2.31. The molecular weight excluding hydrogens is 543 g/mol. The van der Waals surface area contributed by atoms with Gasteiger partial charge in [-0.2, -0.15) is 13.5 Å². The lowest BCUT2D eigenvalue weighted by atomic mass is 10.1. The van der Waals surface area contributed by atoms with Gasteiger partial charge in [-0.05, 0) is 25.0 Å². The monoisotopic (exact) mass is 562 g/mol. The van der Waals surface area contributed by atoms with Crippen LogP contribution in [0.1, 0.15) is 40.8 Å². The molecule has 0 bridgehead atoms. The van der Waals surface area contributed by atoms with Crippen LogP contribution in [0.15, 0.2) is 30.9 Å². The maximum Gasteiger partial charge on any atom is 0.333 e. The Morgan fingerprint density at radius 1 is 1.24 bits per heavy atom. The molecule has 1 unspecified atom stereocenters. The molecule has 0 saturated heterocycles. The lowest BCUT2D eigenvalue weighted by Gasteiger charge is -2.15. The van der Waals surface area contributed by atoms with E-state index in [1.54, 1.807) is 0 Å². The number of hydrogen-bond acceptors (Lipinski definition) is 9. The maximum absolute atomic E-state index is 14.8. The summed E-state index contributed by atoms with van der Waals surface area (Å²) in [6, 6.07) is 0.741. The van der Waals surface area contributed by atoms with Crippen LogP contribution in [0.2, 0.25) is 0 Å². The van der Waals surface area contributed by atoms with E-state index in [-0.39, 0.29) is 42.6 Å². The van der Waals surface area contributed by atoms with Crippen molar-refractivity contribution in [1.29, 1.82) is 0 Å². The Morgan fingerprint density at radius 3 is 2.68 bits per heavy atom. The number of nitrogens with one attached hydrogen (secondary N) is 1. The summed E-state index contributed by atoms with van der Waals surface area (Å²) in [7, 11) is -4.20. The van der Waals surface area contributed by atoms with Crippen molar-refractivity contribution < 1.29 is 44.5 Å². The van der Waals surface area contributed by atoms with E-state index in [0.717, 1.165) is 24.8 Å². The number of ketones is 1. The van der Waals surface area contributed by atoms with Gasteiger partial charge in [0.2, 0.25) is 12.1 Å². The summed E-state index contributed by atoms with van der Waals surface area (Å²) in [5.41, 5.74) is -1.65. The third-order valence-corrected chi connectivity index (χ3v) is 6.33. The smallest absolute Gasteiger partial charge is 0.333 e. The fourth-order valence-corrected chi connectivity index (χ4v) is 4.38. The number of benzene rings is 1. The first-order chi connectivity index (χ1) is 17.9. The van der Waals surface area contributed by atoms with E-state index in [1.165, 1.54) is 0 Å². The molecule has 0 radical (unpaired) electrons. The van der Waals surface area contributed by atoms with Gasteiger partial charge in [-0.1, -0.05) is 0 Å². The van der Waals surface area contributed by atoms with Gasteiger partial charge >= 0.3 is 10.3 Å². The van der Waals surface area contributed by atoms with Crippen LogP contribution in [0.25, 0.3) is 0 Å². The molecule has 1 aliphatic carbocycles. The number of hydrogen-bond donors (Lipinski definition) is 3. The van der Waals surface area contributed by atoms with Crippen LogP contribution in [0.4, 0.5) is 27.8 Å². The second kappa shape index (κ2) is 10.7. The van der Waals surface area contributed by atoms with Crippen molar-refractivity contribution >= 4 is 21.9 Å². The molecule has 4 atom stereocenters. The second-order valence-electron chi connectivity index (χ2n) is 8.44. The molecule has 1 saturated carbocycles. The molecule has 2 aromatic heterocycles. The molecule has 11 nitrogen and oxygen atoms in total. The Kier molecular flexibility index (Phi) is 7.73. The number of aliphatic hydroxyl groups excluding tert-OH is 1. The molecule has 1 fully saturated rings. The highest BCUT2D eigenvalue weighted by Gasteiger charge is 2.35. The average molecular weight is 562 g/mol. The zero-order chi connectivity index (χ0) is 27.8. The third-order valence-electron chi connectivity index (χ3n) is 5.86. The molecule has 1 aromatic carbocycles. The molecule has 4 rings (SSSR count). The van der Waals surface area contributed by atoms with Crippen LogP contribution in [0.3, 0.4) is 0 Å². The Balaban J connectivity index is 1.51. The minimum atomic E-state index is -4.20. The Bertz CT molecular complexity index is 1470. The van der Waals surface area contributed by atoms with Gasteiger partial charge in [0.15, 0.2) is 23.3 Å². The van der Waals surface area contributed by atoms with Gasteiger partial charge in [0.05, 0.1) is 23.8 Å². The van der Waals surface area contributed by atoms with Crippen molar-refractivity contribution in [3.8, 4) is 0 Å². The van der Waals surface area contributed by atoms with E-state index in [9.17, 15) is 40.3 Å². The minimum Gasteiger partial charge on any atom is -0.393 e. The molecule has 204 valence electrons. The number of nitrogens with zero attached hydrogens (tertiary/aromatic N) is 4. The van der Waals surface area contributed by atoms with Crippen molar-refractivity contribution in [3.05, 3.63) is 70.9 Å². The molecule has 17 heteroatoms. The van der Waals surface area contributed by atoms with Crippen molar-refractivity contribution in [2.75, 3.05) is 11.9 Å². The number of halogens is 5. The molecule has 2 heterocycles.